The van der Waals surface area contributed by atoms with Gasteiger partial charge < -0.3 is 20.6 Å². The maximum atomic E-state index is 13.8. The summed E-state index contributed by atoms with van der Waals surface area (Å²) in [5.41, 5.74) is 1.00. The summed E-state index contributed by atoms with van der Waals surface area (Å²) in [7, 11) is 0. The topological polar surface area (TPSA) is 98.7 Å². The molecule has 186 valence electrons. The number of rotatable bonds is 10. The number of halogens is 1. The van der Waals surface area contributed by atoms with Crippen LogP contribution in [0.1, 0.15) is 45.1 Å². The minimum absolute atomic E-state index is 0.0103. The second kappa shape index (κ2) is 10.6. The van der Waals surface area contributed by atoms with Crippen molar-refractivity contribution in [1.29, 1.82) is 0 Å². The van der Waals surface area contributed by atoms with Gasteiger partial charge in [0.1, 0.15) is 6.04 Å². The molecule has 0 saturated carbocycles. The first-order valence-electron chi connectivity index (χ1n) is 12.2. The Bertz CT molecular complexity index is 919. The molecule has 3 saturated heterocycles. The molecule has 7 nitrogen and oxygen atoms in total. The molecule has 34 heavy (non-hydrogen) atoms. The fourth-order valence-electron chi connectivity index (χ4n) is 5.94. The van der Waals surface area contributed by atoms with E-state index in [0.717, 1.165) is 18.4 Å². The van der Waals surface area contributed by atoms with Gasteiger partial charge in [0.2, 0.25) is 17.7 Å². The monoisotopic (exact) mass is 551 g/mol. The van der Waals surface area contributed by atoms with Crippen molar-refractivity contribution in [3.05, 3.63) is 35.9 Å². The highest BCUT2D eigenvalue weighted by atomic mass is 79.9. The van der Waals surface area contributed by atoms with Gasteiger partial charge in [-0.05, 0) is 31.7 Å². The van der Waals surface area contributed by atoms with Crippen LogP contribution in [-0.2, 0) is 20.9 Å². The van der Waals surface area contributed by atoms with Crippen LogP contribution >= 0.6 is 27.7 Å². The summed E-state index contributed by atoms with van der Waals surface area (Å²) in [6.07, 6.45) is 2.88. The van der Waals surface area contributed by atoms with E-state index in [9.17, 15) is 19.5 Å². The quantitative estimate of drug-likeness (QED) is 0.388. The average Bonchev–Trinajstić information content (AvgIpc) is 3.40. The molecule has 3 aliphatic rings. The predicted molar refractivity (Wildman–Crippen MR) is 136 cm³/mol. The van der Waals surface area contributed by atoms with Crippen molar-refractivity contribution < 1.29 is 19.5 Å². The Hall–Kier alpha value is -1.58. The van der Waals surface area contributed by atoms with Gasteiger partial charge in [0.25, 0.3) is 0 Å². The Morgan fingerprint density at radius 3 is 2.71 bits per heavy atom. The van der Waals surface area contributed by atoms with Crippen molar-refractivity contribution >= 4 is 45.4 Å². The van der Waals surface area contributed by atoms with Crippen LogP contribution < -0.4 is 10.6 Å². The SMILES string of the molecule is CCCC(C)NC(=O)C1N(CCCO)C(=O)[C@@H]2[C@@H](C(=O)NCc3ccccc3)[C@@H]3SC12CC3Br. The predicted octanol–water partition coefficient (Wildman–Crippen LogP) is 2.45. The lowest BCUT2D eigenvalue weighted by molar-refractivity contribution is -0.140. The van der Waals surface area contributed by atoms with Crippen LogP contribution in [0.4, 0.5) is 0 Å². The molecule has 1 aromatic rings. The van der Waals surface area contributed by atoms with Crippen LogP contribution in [-0.4, -0.2) is 67.8 Å². The first-order valence-corrected chi connectivity index (χ1v) is 14.0. The summed E-state index contributed by atoms with van der Waals surface area (Å²) in [5.74, 6) is -1.45. The van der Waals surface area contributed by atoms with E-state index in [2.05, 4.69) is 33.5 Å². The molecule has 3 amide bonds. The Morgan fingerprint density at radius 2 is 2.03 bits per heavy atom. The zero-order chi connectivity index (χ0) is 24.5. The van der Waals surface area contributed by atoms with Crippen LogP contribution in [0.5, 0.6) is 0 Å². The molecule has 2 bridgehead atoms. The Morgan fingerprint density at radius 1 is 1.29 bits per heavy atom. The van der Waals surface area contributed by atoms with E-state index in [1.807, 2.05) is 37.3 Å². The lowest BCUT2D eigenvalue weighted by Gasteiger charge is -2.35. The van der Waals surface area contributed by atoms with E-state index in [-0.39, 0.29) is 40.4 Å². The molecule has 9 heteroatoms. The second-order valence-corrected chi connectivity index (χ2v) is 12.4. The molecule has 3 heterocycles. The standard InChI is InChI=1S/C25H34BrN3O4S/c1-3-8-15(2)28-23(32)21-25-13-17(26)20(34-25)18(19(25)24(33)29(21)11-7-12-30)22(31)27-14-16-9-5-4-6-10-16/h4-6,9-10,15,17-21,30H,3,7-8,11-14H2,1-2H3,(H,27,31)(H,28,32)/t15?,17?,18-,19+,20-,21?,25?/m1/s1. The number of aliphatic hydroxyl groups excluding tert-OH is 1. The van der Waals surface area contributed by atoms with Gasteiger partial charge in [-0.15, -0.1) is 11.8 Å². The van der Waals surface area contributed by atoms with Crippen molar-refractivity contribution in [2.45, 2.75) is 73.0 Å². The summed E-state index contributed by atoms with van der Waals surface area (Å²) in [4.78, 5) is 42.5. The summed E-state index contributed by atoms with van der Waals surface area (Å²) < 4.78 is -0.643. The fraction of sp³-hybridized carbons (Fsp3) is 0.640. The maximum Gasteiger partial charge on any atom is 0.244 e. The molecular weight excluding hydrogens is 518 g/mol. The maximum absolute atomic E-state index is 13.8. The molecule has 4 unspecified atom stereocenters. The molecule has 0 aromatic heterocycles. The van der Waals surface area contributed by atoms with Crippen LogP contribution in [0.3, 0.4) is 0 Å². The third-order valence-electron chi connectivity index (χ3n) is 7.32. The van der Waals surface area contributed by atoms with Crippen molar-refractivity contribution in [3.63, 3.8) is 0 Å². The second-order valence-electron chi connectivity index (χ2n) is 9.67. The van der Waals surface area contributed by atoms with Gasteiger partial charge in [0.15, 0.2) is 0 Å². The van der Waals surface area contributed by atoms with Gasteiger partial charge in [0, 0.05) is 35.8 Å². The Kier molecular flexibility index (Phi) is 7.94. The fourth-order valence-corrected chi connectivity index (χ4v) is 9.55. The van der Waals surface area contributed by atoms with E-state index >= 15 is 0 Å². The number of fused-ring (bicyclic) bond motifs is 1. The number of likely N-dealkylation sites (tertiary alicyclic amines) is 1. The van der Waals surface area contributed by atoms with Crippen LogP contribution in [0.25, 0.3) is 0 Å². The highest BCUT2D eigenvalue weighted by Gasteiger charge is 2.75. The number of amides is 3. The van der Waals surface area contributed by atoms with Crippen LogP contribution in [0, 0.1) is 11.8 Å². The minimum atomic E-state index is -0.643. The molecule has 3 aliphatic heterocycles. The van der Waals surface area contributed by atoms with E-state index in [4.69, 9.17) is 0 Å². The number of alkyl halides is 1. The number of benzene rings is 1. The number of nitrogens with zero attached hydrogens (tertiary/aromatic N) is 1. The number of carbonyl (C=O) groups excluding carboxylic acids is 3. The molecule has 1 spiro atoms. The summed E-state index contributed by atoms with van der Waals surface area (Å²) in [6.45, 7) is 4.72. The molecule has 4 rings (SSSR count). The number of aliphatic hydroxyl groups is 1. The van der Waals surface area contributed by atoms with E-state index in [0.29, 0.717) is 25.9 Å². The largest absolute Gasteiger partial charge is 0.396 e. The third-order valence-corrected chi connectivity index (χ3v) is 10.5. The van der Waals surface area contributed by atoms with Gasteiger partial charge in [-0.3, -0.25) is 14.4 Å². The van der Waals surface area contributed by atoms with Crippen LogP contribution in [0.15, 0.2) is 30.3 Å². The van der Waals surface area contributed by atoms with Gasteiger partial charge in [0.05, 0.1) is 16.6 Å². The highest BCUT2D eigenvalue weighted by Crippen LogP contribution is 2.67. The van der Waals surface area contributed by atoms with Gasteiger partial charge in [-0.25, -0.2) is 0 Å². The lowest BCUT2D eigenvalue weighted by Crippen LogP contribution is -2.56. The highest BCUT2D eigenvalue weighted by molar-refractivity contribution is 9.09. The summed E-state index contributed by atoms with van der Waals surface area (Å²) in [6, 6.07) is 9.08. The first-order chi connectivity index (χ1) is 16.3. The zero-order valence-electron chi connectivity index (χ0n) is 19.7. The number of nitrogens with one attached hydrogen (secondary N) is 2. The Labute approximate surface area is 213 Å². The van der Waals surface area contributed by atoms with E-state index < -0.39 is 22.6 Å². The number of hydrogen-bond acceptors (Lipinski definition) is 5. The molecule has 3 N–H and O–H groups in total. The number of thioether (sulfide) groups is 1. The van der Waals surface area contributed by atoms with Crippen LogP contribution in [0.2, 0.25) is 0 Å². The lowest BCUT2D eigenvalue weighted by atomic mass is 9.70. The number of carbonyl (C=O) groups is 3. The summed E-state index contributed by atoms with van der Waals surface area (Å²) in [5, 5.41) is 15.5. The van der Waals surface area contributed by atoms with Gasteiger partial charge >= 0.3 is 0 Å². The Balaban J connectivity index is 1.61. The molecule has 0 radical (unpaired) electrons. The first kappa shape index (κ1) is 25.5. The number of hydrogen-bond donors (Lipinski definition) is 3. The van der Waals surface area contributed by atoms with Crippen molar-refractivity contribution in [2.24, 2.45) is 11.8 Å². The van der Waals surface area contributed by atoms with E-state index in [1.54, 1.807) is 16.7 Å². The van der Waals surface area contributed by atoms with Crippen molar-refractivity contribution in [2.75, 3.05) is 13.2 Å². The zero-order valence-corrected chi connectivity index (χ0v) is 22.1. The minimum Gasteiger partial charge on any atom is -0.396 e. The average molecular weight is 553 g/mol. The molecule has 7 atom stereocenters. The van der Waals surface area contributed by atoms with Crippen molar-refractivity contribution in [3.8, 4) is 0 Å². The molecule has 0 aliphatic carbocycles. The molecular formula is C25H34BrN3O4S. The van der Waals surface area contributed by atoms with E-state index in [1.165, 1.54) is 0 Å². The van der Waals surface area contributed by atoms with Crippen molar-refractivity contribution in [1.82, 2.24) is 15.5 Å². The molecule has 3 fully saturated rings. The van der Waals surface area contributed by atoms with Gasteiger partial charge in [-0.2, -0.15) is 0 Å². The normalized spacial score (nSPS) is 32.5. The smallest absolute Gasteiger partial charge is 0.244 e. The third kappa shape index (κ3) is 4.51. The molecule has 1 aromatic carbocycles. The summed E-state index contributed by atoms with van der Waals surface area (Å²) >= 11 is 5.41. The van der Waals surface area contributed by atoms with Gasteiger partial charge in [-0.1, -0.05) is 59.6 Å².